The maximum Gasteiger partial charge on any atom is 0.332 e. The lowest BCUT2D eigenvalue weighted by Crippen LogP contribution is -2.27. The van der Waals surface area contributed by atoms with Crippen LogP contribution in [0, 0.1) is 0 Å². The summed E-state index contributed by atoms with van der Waals surface area (Å²) in [7, 11) is 0. The van der Waals surface area contributed by atoms with Gasteiger partial charge in [0.15, 0.2) is 6.10 Å². The minimum absolute atomic E-state index is 0.233. The number of hydrogen-bond donors (Lipinski definition) is 2. The summed E-state index contributed by atoms with van der Waals surface area (Å²) in [6.45, 7) is 0.154. The molecule has 0 spiro atoms. The van der Waals surface area contributed by atoms with Crippen molar-refractivity contribution in [3.8, 4) is 0 Å². The van der Waals surface area contributed by atoms with Gasteiger partial charge in [0.25, 0.3) is 0 Å². The Morgan fingerprint density at radius 1 is 1.39 bits per heavy atom. The fraction of sp³-hybridized carbons (Fsp3) is 0.462. The van der Waals surface area contributed by atoms with Crippen LogP contribution in [0.1, 0.15) is 12.0 Å². The smallest absolute Gasteiger partial charge is 0.332 e. The standard InChI is InChI=1S/C13H16O5/c14-7-12-10(6-11(18-12)13(15)16)17-8-9-4-2-1-3-5-9/h1-5,10-12,14H,6-8H2,(H,15,16)/t10-,11-,12-/m1/s1. The molecule has 5 nitrogen and oxygen atoms in total. The molecule has 2 N–H and O–H groups in total. The van der Waals surface area contributed by atoms with Crippen molar-refractivity contribution < 1.29 is 24.5 Å². The summed E-state index contributed by atoms with van der Waals surface area (Å²) in [6.07, 6.45) is -1.55. The van der Waals surface area contributed by atoms with Crippen LogP contribution in [0.15, 0.2) is 30.3 Å². The molecule has 1 aromatic carbocycles. The van der Waals surface area contributed by atoms with Gasteiger partial charge in [-0.25, -0.2) is 4.79 Å². The number of ether oxygens (including phenoxy) is 2. The summed E-state index contributed by atoms with van der Waals surface area (Å²) in [5.41, 5.74) is 1.01. The van der Waals surface area contributed by atoms with Crippen molar-refractivity contribution in [3.05, 3.63) is 35.9 Å². The molecule has 0 radical (unpaired) electrons. The highest BCUT2D eigenvalue weighted by atomic mass is 16.6. The van der Waals surface area contributed by atoms with E-state index in [1.54, 1.807) is 0 Å². The molecule has 1 aliphatic rings. The molecule has 0 unspecified atom stereocenters. The third kappa shape index (κ3) is 3.07. The molecular weight excluding hydrogens is 236 g/mol. The number of aliphatic hydroxyl groups excluding tert-OH is 1. The molecule has 1 fully saturated rings. The maximum absolute atomic E-state index is 10.8. The van der Waals surface area contributed by atoms with E-state index >= 15 is 0 Å². The highest BCUT2D eigenvalue weighted by Gasteiger charge is 2.39. The Bertz CT molecular complexity index is 392. The van der Waals surface area contributed by atoms with Crippen LogP contribution in [-0.2, 0) is 20.9 Å². The molecule has 0 amide bonds. The molecule has 2 rings (SSSR count). The van der Waals surface area contributed by atoms with E-state index in [9.17, 15) is 4.79 Å². The van der Waals surface area contributed by atoms with Crippen molar-refractivity contribution in [3.63, 3.8) is 0 Å². The molecule has 0 aliphatic carbocycles. The lowest BCUT2D eigenvalue weighted by molar-refractivity contribution is -0.150. The van der Waals surface area contributed by atoms with Crippen LogP contribution >= 0.6 is 0 Å². The topological polar surface area (TPSA) is 76.0 Å². The quantitative estimate of drug-likeness (QED) is 0.811. The predicted octanol–water partition coefficient (Wildman–Crippen LogP) is 0.806. The Labute approximate surface area is 105 Å². The van der Waals surface area contributed by atoms with Crippen molar-refractivity contribution in [1.29, 1.82) is 0 Å². The van der Waals surface area contributed by atoms with Gasteiger partial charge >= 0.3 is 5.97 Å². The lowest BCUT2D eigenvalue weighted by Gasteiger charge is -2.16. The molecule has 1 heterocycles. The van der Waals surface area contributed by atoms with Crippen LogP contribution in [0.2, 0.25) is 0 Å². The van der Waals surface area contributed by atoms with Crippen LogP contribution < -0.4 is 0 Å². The predicted molar refractivity (Wildman–Crippen MR) is 63.0 cm³/mol. The average molecular weight is 252 g/mol. The van der Waals surface area contributed by atoms with E-state index < -0.39 is 18.2 Å². The number of benzene rings is 1. The Hall–Kier alpha value is -1.43. The van der Waals surface area contributed by atoms with Gasteiger partial charge in [-0.15, -0.1) is 0 Å². The number of aliphatic hydroxyl groups is 1. The molecule has 1 saturated heterocycles. The zero-order chi connectivity index (χ0) is 13.0. The van der Waals surface area contributed by atoms with Crippen molar-refractivity contribution in [2.24, 2.45) is 0 Å². The van der Waals surface area contributed by atoms with Crippen molar-refractivity contribution >= 4 is 5.97 Å². The monoisotopic (exact) mass is 252 g/mol. The number of rotatable bonds is 5. The van der Waals surface area contributed by atoms with Gasteiger partial charge in [-0.05, 0) is 5.56 Å². The van der Waals surface area contributed by atoms with E-state index in [1.165, 1.54) is 0 Å². The summed E-state index contributed by atoms with van der Waals surface area (Å²) < 4.78 is 10.8. The Kier molecular flexibility index (Phi) is 4.30. The zero-order valence-corrected chi connectivity index (χ0v) is 9.86. The van der Waals surface area contributed by atoms with Gasteiger partial charge in [0.2, 0.25) is 0 Å². The van der Waals surface area contributed by atoms with Crippen molar-refractivity contribution in [2.45, 2.75) is 31.3 Å². The first-order valence-corrected chi connectivity index (χ1v) is 5.85. The van der Waals surface area contributed by atoms with E-state index in [0.29, 0.717) is 6.61 Å². The summed E-state index contributed by atoms with van der Waals surface area (Å²) >= 11 is 0. The van der Waals surface area contributed by atoms with Gasteiger partial charge in [-0.3, -0.25) is 0 Å². The first kappa shape index (κ1) is 13.0. The molecule has 0 aromatic heterocycles. The summed E-state index contributed by atoms with van der Waals surface area (Å²) in [4.78, 5) is 10.8. The second-order valence-electron chi connectivity index (χ2n) is 4.25. The SMILES string of the molecule is O=C(O)[C@H]1C[C@@H](OCc2ccccc2)[C@@H](CO)O1. The van der Waals surface area contributed by atoms with Crippen LogP contribution in [-0.4, -0.2) is 41.1 Å². The minimum Gasteiger partial charge on any atom is -0.479 e. The number of carboxylic acids is 1. The van der Waals surface area contributed by atoms with Gasteiger partial charge in [0.1, 0.15) is 6.10 Å². The van der Waals surface area contributed by atoms with E-state index in [0.717, 1.165) is 5.56 Å². The average Bonchev–Trinajstić information content (AvgIpc) is 2.81. The largest absolute Gasteiger partial charge is 0.479 e. The third-order valence-electron chi connectivity index (χ3n) is 2.96. The molecule has 18 heavy (non-hydrogen) atoms. The lowest BCUT2D eigenvalue weighted by atomic mass is 10.1. The van der Waals surface area contributed by atoms with Crippen molar-refractivity contribution in [2.75, 3.05) is 6.61 Å². The molecule has 5 heteroatoms. The van der Waals surface area contributed by atoms with Crippen molar-refractivity contribution in [1.82, 2.24) is 0 Å². The molecule has 0 saturated carbocycles. The minimum atomic E-state index is -1.01. The summed E-state index contributed by atoms with van der Waals surface area (Å²) in [5, 5.41) is 18.0. The fourth-order valence-electron chi connectivity index (χ4n) is 1.99. The molecule has 3 atom stereocenters. The van der Waals surface area contributed by atoms with Gasteiger partial charge in [0, 0.05) is 6.42 Å². The second kappa shape index (κ2) is 5.95. The van der Waals surface area contributed by atoms with E-state index in [2.05, 4.69) is 0 Å². The van der Waals surface area contributed by atoms with Crippen LogP contribution in [0.5, 0.6) is 0 Å². The fourth-order valence-corrected chi connectivity index (χ4v) is 1.99. The van der Waals surface area contributed by atoms with Crippen LogP contribution in [0.4, 0.5) is 0 Å². The van der Waals surface area contributed by atoms with Crippen LogP contribution in [0.25, 0.3) is 0 Å². The van der Waals surface area contributed by atoms with Gasteiger partial charge in [-0.1, -0.05) is 30.3 Å². The molecule has 1 aromatic rings. The highest BCUT2D eigenvalue weighted by Crippen LogP contribution is 2.24. The van der Waals surface area contributed by atoms with E-state index in [-0.39, 0.29) is 19.1 Å². The number of carbonyl (C=O) groups is 1. The number of aliphatic carboxylic acids is 1. The first-order chi connectivity index (χ1) is 8.70. The zero-order valence-electron chi connectivity index (χ0n) is 9.86. The molecule has 0 bridgehead atoms. The van der Waals surface area contributed by atoms with E-state index in [4.69, 9.17) is 19.7 Å². The van der Waals surface area contributed by atoms with Gasteiger partial charge < -0.3 is 19.7 Å². The molecule has 98 valence electrons. The molecular formula is C13H16O5. The normalized spacial score (nSPS) is 27.3. The maximum atomic E-state index is 10.8. The van der Waals surface area contributed by atoms with Gasteiger partial charge in [0.05, 0.1) is 19.3 Å². The van der Waals surface area contributed by atoms with E-state index in [1.807, 2.05) is 30.3 Å². The Morgan fingerprint density at radius 3 is 2.72 bits per heavy atom. The number of hydrogen-bond acceptors (Lipinski definition) is 4. The summed E-state index contributed by atoms with van der Waals surface area (Å²) in [5.74, 6) is -1.01. The van der Waals surface area contributed by atoms with Crippen LogP contribution in [0.3, 0.4) is 0 Å². The Balaban J connectivity index is 1.90. The summed E-state index contributed by atoms with van der Waals surface area (Å²) in [6, 6.07) is 9.59. The second-order valence-corrected chi connectivity index (χ2v) is 4.25. The highest BCUT2D eigenvalue weighted by molar-refractivity contribution is 5.72. The number of carboxylic acid groups (broad SMARTS) is 1. The first-order valence-electron chi connectivity index (χ1n) is 5.85. The van der Waals surface area contributed by atoms with Gasteiger partial charge in [-0.2, -0.15) is 0 Å². The molecule has 1 aliphatic heterocycles. The Morgan fingerprint density at radius 2 is 2.11 bits per heavy atom. The third-order valence-corrected chi connectivity index (χ3v) is 2.96.